The first kappa shape index (κ1) is 20.5. The van der Waals surface area contributed by atoms with Gasteiger partial charge < -0.3 is 21.5 Å². The molecule has 5 N–H and O–H groups in total. The Labute approximate surface area is 186 Å². The molecule has 3 heterocycles. The predicted octanol–water partition coefficient (Wildman–Crippen LogP) is 3.33. The highest BCUT2D eigenvalue weighted by atomic mass is 16.5. The minimum absolute atomic E-state index is 0.0670. The molecular weight excluding hydrogens is 404 g/mol. The molecule has 1 saturated carbocycles. The van der Waals surface area contributed by atoms with Crippen LogP contribution >= 0.6 is 0 Å². The highest BCUT2D eigenvalue weighted by Gasteiger charge is 2.40. The van der Waals surface area contributed by atoms with E-state index in [1.807, 2.05) is 36.4 Å². The zero-order chi connectivity index (χ0) is 22.1. The summed E-state index contributed by atoms with van der Waals surface area (Å²) in [7, 11) is 0. The number of ether oxygens (including phenoxy) is 1. The van der Waals surface area contributed by atoms with E-state index in [4.69, 9.17) is 16.2 Å². The molecule has 2 aromatic heterocycles. The first-order valence-corrected chi connectivity index (χ1v) is 10.9. The summed E-state index contributed by atoms with van der Waals surface area (Å²) in [6, 6.07) is 11.5. The summed E-state index contributed by atoms with van der Waals surface area (Å²) in [5, 5.41) is 2.91. The van der Waals surface area contributed by atoms with E-state index in [0.29, 0.717) is 23.7 Å². The van der Waals surface area contributed by atoms with Crippen molar-refractivity contribution in [3.63, 3.8) is 0 Å². The van der Waals surface area contributed by atoms with Crippen molar-refractivity contribution in [3.05, 3.63) is 66.2 Å². The van der Waals surface area contributed by atoms with Gasteiger partial charge in [-0.15, -0.1) is 0 Å². The lowest BCUT2D eigenvalue weighted by Crippen LogP contribution is -2.43. The van der Waals surface area contributed by atoms with Gasteiger partial charge in [0.2, 0.25) is 0 Å². The fourth-order valence-electron chi connectivity index (χ4n) is 4.79. The quantitative estimate of drug-likeness (QED) is 0.579. The molecule has 32 heavy (non-hydrogen) atoms. The van der Waals surface area contributed by atoms with E-state index in [1.165, 1.54) is 0 Å². The van der Waals surface area contributed by atoms with Crippen molar-refractivity contribution >= 4 is 17.4 Å². The Bertz CT molecular complexity index is 1120. The van der Waals surface area contributed by atoms with E-state index in [0.717, 1.165) is 30.4 Å². The summed E-state index contributed by atoms with van der Waals surface area (Å²) >= 11 is 0. The number of hydrogen-bond acceptors (Lipinski definition) is 7. The summed E-state index contributed by atoms with van der Waals surface area (Å²) in [5.41, 5.74) is 15.4. The number of nitrogen functional groups attached to an aromatic ring is 1. The minimum atomic E-state index is -0.444. The van der Waals surface area contributed by atoms with Crippen molar-refractivity contribution in [2.75, 3.05) is 11.1 Å². The normalized spacial score (nSPS) is 24.7. The number of nitrogens with one attached hydrogen (secondary N) is 1. The summed E-state index contributed by atoms with van der Waals surface area (Å²) in [5.74, 6) is 0.0418. The van der Waals surface area contributed by atoms with Gasteiger partial charge in [0.05, 0.1) is 36.0 Å². The van der Waals surface area contributed by atoms with E-state index in [1.54, 1.807) is 18.6 Å². The van der Waals surface area contributed by atoms with Gasteiger partial charge in [0.15, 0.2) is 11.5 Å². The molecule has 164 valence electrons. The number of benzene rings is 1. The molecule has 5 rings (SSSR count). The van der Waals surface area contributed by atoms with Crippen molar-refractivity contribution in [2.24, 2.45) is 11.7 Å². The monoisotopic (exact) mass is 430 g/mol. The molecular formula is C24H26N6O2. The molecule has 1 aliphatic heterocycles. The summed E-state index contributed by atoms with van der Waals surface area (Å²) in [4.78, 5) is 25.9. The molecule has 1 amide bonds. The molecule has 0 unspecified atom stereocenters. The topological polar surface area (TPSA) is 129 Å². The van der Waals surface area contributed by atoms with E-state index in [2.05, 4.69) is 20.3 Å². The second-order valence-electron chi connectivity index (χ2n) is 8.43. The Hall–Kier alpha value is -3.36. The van der Waals surface area contributed by atoms with Gasteiger partial charge >= 0.3 is 0 Å². The molecule has 1 saturated heterocycles. The number of hydrogen-bond donors (Lipinski definition) is 3. The number of nitrogens with two attached hydrogens (primary N) is 2. The van der Waals surface area contributed by atoms with Crippen molar-refractivity contribution in [3.8, 4) is 11.3 Å². The minimum Gasteiger partial charge on any atom is -0.382 e. The fourth-order valence-corrected chi connectivity index (χ4v) is 4.79. The lowest BCUT2D eigenvalue weighted by Gasteiger charge is -2.37. The smallest absolute Gasteiger partial charge is 0.278 e. The standard InChI is InChI=1S/C24H26N6O2/c25-17-11-21(32-20-8-4-7-15(17)20)16-9-10-27-12-19(16)30-24(31)22-23(26)28-13-18(29-22)14-5-2-1-3-6-14/h1-3,5-6,9-10,12-13,15,17,20-21H,4,7-8,11,25H2,(H2,26,28)(H,30,31)/t15-,17-,20-,21-/m0/s1. The lowest BCUT2D eigenvalue weighted by atomic mass is 9.87. The van der Waals surface area contributed by atoms with Crippen LogP contribution in [0.4, 0.5) is 11.5 Å². The van der Waals surface area contributed by atoms with E-state index >= 15 is 0 Å². The Kier molecular flexibility index (Phi) is 5.55. The van der Waals surface area contributed by atoms with Gasteiger partial charge in [-0.3, -0.25) is 9.78 Å². The second-order valence-corrected chi connectivity index (χ2v) is 8.43. The maximum absolute atomic E-state index is 13.1. The number of aromatic nitrogens is 3. The van der Waals surface area contributed by atoms with Gasteiger partial charge in [-0.25, -0.2) is 9.97 Å². The van der Waals surface area contributed by atoms with Crippen LogP contribution in [0, 0.1) is 5.92 Å². The maximum Gasteiger partial charge on any atom is 0.278 e. The van der Waals surface area contributed by atoms with Crippen molar-refractivity contribution < 1.29 is 9.53 Å². The zero-order valence-corrected chi connectivity index (χ0v) is 17.6. The third-order valence-corrected chi connectivity index (χ3v) is 6.41. The van der Waals surface area contributed by atoms with Crippen LogP contribution in [0.2, 0.25) is 0 Å². The zero-order valence-electron chi connectivity index (χ0n) is 17.6. The van der Waals surface area contributed by atoms with Crippen LogP contribution in [-0.2, 0) is 4.74 Å². The third kappa shape index (κ3) is 3.94. The Morgan fingerprint density at radius 3 is 2.81 bits per heavy atom. The molecule has 2 aliphatic rings. The van der Waals surface area contributed by atoms with Crippen LogP contribution in [0.1, 0.15) is 47.8 Å². The molecule has 4 atom stereocenters. The first-order valence-electron chi connectivity index (χ1n) is 10.9. The molecule has 2 fully saturated rings. The fraction of sp³-hybridized carbons (Fsp3) is 0.333. The van der Waals surface area contributed by atoms with Gasteiger partial charge in [-0.2, -0.15) is 0 Å². The largest absolute Gasteiger partial charge is 0.382 e. The van der Waals surface area contributed by atoms with Crippen LogP contribution in [0.3, 0.4) is 0 Å². The van der Waals surface area contributed by atoms with Crippen LogP contribution < -0.4 is 16.8 Å². The molecule has 0 bridgehead atoms. The average molecular weight is 431 g/mol. The third-order valence-electron chi connectivity index (χ3n) is 6.41. The Morgan fingerprint density at radius 1 is 1.12 bits per heavy atom. The van der Waals surface area contributed by atoms with Crippen LogP contribution in [-0.4, -0.2) is 33.0 Å². The molecule has 1 aromatic carbocycles. The SMILES string of the molecule is Nc1ncc(-c2ccccc2)nc1C(=O)Nc1cnccc1[C@@H]1C[C@H](N)[C@@H]2CCC[C@@H]2O1. The summed E-state index contributed by atoms with van der Waals surface area (Å²) in [6.45, 7) is 0. The van der Waals surface area contributed by atoms with Gasteiger partial charge in [-0.05, 0) is 25.3 Å². The second kappa shape index (κ2) is 8.64. The number of nitrogens with zero attached hydrogens (tertiary/aromatic N) is 3. The van der Waals surface area contributed by atoms with Crippen LogP contribution in [0.15, 0.2) is 55.0 Å². The van der Waals surface area contributed by atoms with Gasteiger partial charge in [0.1, 0.15) is 0 Å². The molecule has 3 aromatic rings. The van der Waals surface area contributed by atoms with Gasteiger partial charge in [0, 0.05) is 29.3 Å². The van der Waals surface area contributed by atoms with Gasteiger partial charge in [-0.1, -0.05) is 36.8 Å². The molecule has 0 spiro atoms. The Balaban J connectivity index is 1.40. The van der Waals surface area contributed by atoms with Crippen LogP contribution in [0.5, 0.6) is 0 Å². The molecule has 0 radical (unpaired) electrons. The molecule has 8 heteroatoms. The van der Waals surface area contributed by atoms with Crippen molar-refractivity contribution in [1.82, 2.24) is 15.0 Å². The highest BCUT2D eigenvalue weighted by Crippen LogP contribution is 2.43. The van der Waals surface area contributed by atoms with Gasteiger partial charge in [0.25, 0.3) is 5.91 Å². The molecule has 8 nitrogen and oxygen atoms in total. The van der Waals surface area contributed by atoms with Crippen molar-refractivity contribution in [2.45, 2.75) is 43.9 Å². The summed E-state index contributed by atoms with van der Waals surface area (Å²) < 4.78 is 6.38. The average Bonchev–Trinajstić information content (AvgIpc) is 3.30. The highest BCUT2D eigenvalue weighted by molar-refractivity contribution is 6.06. The number of pyridine rings is 1. The van der Waals surface area contributed by atoms with E-state index in [-0.39, 0.29) is 29.8 Å². The number of carbonyl (C=O) groups excluding carboxylic acids is 1. The predicted molar refractivity (Wildman–Crippen MR) is 122 cm³/mol. The number of rotatable bonds is 4. The lowest BCUT2D eigenvalue weighted by molar-refractivity contribution is -0.0800. The van der Waals surface area contributed by atoms with Crippen LogP contribution in [0.25, 0.3) is 11.3 Å². The number of amides is 1. The van der Waals surface area contributed by atoms with E-state index < -0.39 is 5.91 Å². The number of fused-ring (bicyclic) bond motifs is 1. The van der Waals surface area contributed by atoms with E-state index in [9.17, 15) is 4.79 Å². The number of carbonyl (C=O) groups is 1. The summed E-state index contributed by atoms with van der Waals surface area (Å²) in [6.07, 6.45) is 8.86. The maximum atomic E-state index is 13.1. The molecule has 1 aliphatic carbocycles. The number of anilines is 2. The first-order chi connectivity index (χ1) is 15.6. The van der Waals surface area contributed by atoms with Crippen molar-refractivity contribution in [1.29, 1.82) is 0 Å². The Morgan fingerprint density at radius 2 is 1.97 bits per heavy atom.